The summed E-state index contributed by atoms with van der Waals surface area (Å²) < 4.78 is 0.524. The molecule has 0 unspecified atom stereocenters. The average molecular weight is 346 g/mol. The van der Waals surface area contributed by atoms with Crippen LogP contribution in [-0.4, -0.2) is 9.97 Å². The molecule has 7 heteroatoms. The van der Waals surface area contributed by atoms with Crippen LogP contribution in [0.3, 0.4) is 0 Å². The summed E-state index contributed by atoms with van der Waals surface area (Å²) in [6.07, 6.45) is 3.08. The zero-order valence-corrected chi connectivity index (χ0v) is 13.1. The number of hydrogen-bond acceptors (Lipinski definition) is 2. The van der Waals surface area contributed by atoms with E-state index in [2.05, 4.69) is 9.97 Å². The molecule has 0 amide bonds. The number of aromatic nitrogens is 2. The zero-order chi connectivity index (χ0) is 12.6. The summed E-state index contributed by atoms with van der Waals surface area (Å²) in [5.41, 5.74) is 0. The Hall–Kier alpha value is 0.174. The van der Waals surface area contributed by atoms with Gasteiger partial charge in [-0.1, -0.05) is 0 Å². The van der Waals surface area contributed by atoms with Crippen molar-refractivity contribution in [3.63, 3.8) is 0 Å². The quantitative estimate of drug-likeness (QED) is 0.781. The number of hydrogen-bond donors (Lipinski definition) is 0. The fourth-order valence-corrected chi connectivity index (χ4v) is 7.94. The van der Waals surface area contributed by atoms with Crippen LogP contribution in [0.1, 0.15) is 0 Å². The van der Waals surface area contributed by atoms with Crippen molar-refractivity contribution in [2.45, 2.75) is 0 Å². The van der Waals surface area contributed by atoms with Gasteiger partial charge in [0.15, 0.2) is 0 Å². The van der Waals surface area contributed by atoms with Crippen LogP contribution in [0.15, 0.2) is 48.8 Å². The van der Waals surface area contributed by atoms with Crippen molar-refractivity contribution < 1.29 is 9.78 Å². The summed E-state index contributed by atoms with van der Waals surface area (Å²) in [6.45, 7) is 0. The van der Waals surface area contributed by atoms with E-state index in [1.165, 1.54) is 12.4 Å². The molecule has 0 aromatic carbocycles. The summed E-state index contributed by atoms with van der Waals surface area (Å²) in [6, 6.07) is 10.1. The first kappa shape index (κ1) is 13.6. The van der Waals surface area contributed by atoms with Crippen molar-refractivity contribution in [2.24, 2.45) is 0 Å². The van der Waals surface area contributed by atoms with Gasteiger partial charge in [-0.3, -0.25) is 0 Å². The van der Waals surface area contributed by atoms with Crippen molar-refractivity contribution in [1.29, 1.82) is 0 Å². The Morgan fingerprint density at radius 1 is 0.706 bits per heavy atom. The Balaban J connectivity index is 2.76. The molecule has 0 aliphatic carbocycles. The Labute approximate surface area is 113 Å². The van der Waals surface area contributed by atoms with Gasteiger partial charge in [0.05, 0.1) is 0 Å². The van der Waals surface area contributed by atoms with Crippen LogP contribution in [0.4, 0.5) is 0 Å². The van der Waals surface area contributed by atoms with E-state index >= 15 is 0 Å². The average Bonchev–Trinajstić information content (AvgIpc) is 2.30. The van der Waals surface area contributed by atoms with Crippen LogP contribution in [-0.2, 0) is 9.78 Å². The maximum absolute atomic E-state index is 6.46. The standard InChI is InChI=1S/2C5H4N.4ClH.Ti/c2*1-2-4-6-5-3-1;;;;;/h2*1-4H;4*1H;/q;;;;;;+4/p-4. The molecule has 2 heterocycles. The third-order valence-electron chi connectivity index (χ3n) is 2.36. The molecular formula is C10H8Cl4N2Ti. The van der Waals surface area contributed by atoms with E-state index in [4.69, 9.17) is 37.2 Å². The molecule has 0 atom stereocenters. The second-order valence-electron chi connectivity index (χ2n) is 3.74. The Morgan fingerprint density at radius 2 is 1.12 bits per heavy atom. The molecular weight excluding hydrogens is 338 g/mol. The summed E-state index contributed by atoms with van der Waals surface area (Å²) in [5, 5.41) is 0. The minimum absolute atomic E-state index is 0.262. The molecule has 2 nitrogen and oxygen atoms in total. The van der Waals surface area contributed by atoms with Crippen molar-refractivity contribution in [1.82, 2.24) is 9.97 Å². The van der Waals surface area contributed by atoms with Crippen molar-refractivity contribution in [3.8, 4) is 0 Å². The molecule has 17 heavy (non-hydrogen) atoms. The number of halogens is 4. The van der Waals surface area contributed by atoms with Crippen molar-refractivity contribution >= 4 is 45.2 Å². The summed E-state index contributed by atoms with van der Waals surface area (Å²) in [7, 11) is 20.2. The van der Waals surface area contributed by atoms with Crippen molar-refractivity contribution in [3.05, 3.63) is 48.8 Å². The van der Waals surface area contributed by atoms with Crippen LogP contribution in [0.25, 0.3) is 0 Å². The molecule has 0 spiro atoms. The SMILES string of the molecule is [Cl][Ti]([Cl])([Cl])([Cl])([c]1ccccn1)[c]1ccccn1. The first-order chi connectivity index (χ1) is 7.74. The third-order valence-corrected chi connectivity index (χ3v) is 12.9. The van der Waals surface area contributed by atoms with E-state index < -0.39 is 9.78 Å². The minimum atomic E-state index is -5.62. The van der Waals surface area contributed by atoms with Crippen LogP contribution in [0.5, 0.6) is 0 Å². The van der Waals surface area contributed by atoms with E-state index in [1.54, 1.807) is 36.4 Å². The fraction of sp³-hybridized carbons (Fsp3) is 0. The molecule has 0 aliphatic heterocycles. The molecule has 0 fully saturated rings. The van der Waals surface area contributed by atoms with Gasteiger partial charge in [0.2, 0.25) is 0 Å². The van der Waals surface area contributed by atoms with Gasteiger partial charge >= 0.3 is 114 Å². The van der Waals surface area contributed by atoms with E-state index in [0.717, 1.165) is 0 Å². The Kier molecular flexibility index (Phi) is 3.07. The molecule has 90 valence electrons. The van der Waals surface area contributed by atoms with E-state index in [0.29, 0.717) is 0 Å². The van der Waals surface area contributed by atoms with Gasteiger partial charge in [-0.15, -0.1) is 0 Å². The second kappa shape index (κ2) is 3.83. The molecule has 0 saturated carbocycles. The number of pyridine rings is 2. The number of nitrogens with zero attached hydrogens (tertiary/aromatic N) is 2. The fourth-order valence-electron chi connectivity index (χ4n) is 1.45. The first-order valence-corrected chi connectivity index (χ1v) is 15.0. The Morgan fingerprint density at radius 3 is 1.41 bits per heavy atom. The molecule has 0 aliphatic rings. The third kappa shape index (κ3) is 2.48. The van der Waals surface area contributed by atoms with Crippen LogP contribution >= 0.6 is 37.2 Å². The maximum atomic E-state index is 6.46. The van der Waals surface area contributed by atoms with Gasteiger partial charge in [-0.05, 0) is 0 Å². The zero-order valence-electron chi connectivity index (χ0n) is 8.53. The molecule has 0 saturated heterocycles. The molecule has 2 rings (SSSR count). The predicted molar refractivity (Wildman–Crippen MR) is 71.2 cm³/mol. The van der Waals surface area contributed by atoms with Crippen LogP contribution in [0, 0.1) is 0 Å². The van der Waals surface area contributed by atoms with Gasteiger partial charge in [0.25, 0.3) is 0 Å². The summed E-state index contributed by atoms with van der Waals surface area (Å²) in [5.74, 6) is 0. The van der Waals surface area contributed by atoms with E-state index in [9.17, 15) is 0 Å². The monoisotopic (exact) mass is 344 g/mol. The first-order valence-electron chi connectivity index (χ1n) is 4.80. The number of rotatable bonds is 2. The normalized spacial score (nSPS) is 16.0. The molecule has 2 aromatic rings. The topological polar surface area (TPSA) is 25.8 Å². The predicted octanol–water partition coefficient (Wildman–Crippen LogP) is 3.27. The molecule has 2 aromatic heterocycles. The van der Waals surface area contributed by atoms with E-state index in [-0.39, 0.29) is 8.00 Å². The van der Waals surface area contributed by atoms with E-state index in [1.807, 2.05) is 0 Å². The molecule has 0 radical (unpaired) electrons. The summed E-state index contributed by atoms with van der Waals surface area (Å²) >= 11 is 0. The van der Waals surface area contributed by atoms with Gasteiger partial charge in [-0.2, -0.15) is 0 Å². The van der Waals surface area contributed by atoms with Gasteiger partial charge < -0.3 is 0 Å². The molecule has 0 bridgehead atoms. The summed E-state index contributed by atoms with van der Waals surface area (Å²) in [4.78, 5) is 8.17. The van der Waals surface area contributed by atoms with Crippen LogP contribution < -0.4 is 8.00 Å². The van der Waals surface area contributed by atoms with Gasteiger partial charge in [0.1, 0.15) is 0 Å². The van der Waals surface area contributed by atoms with Crippen LogP contribution in [0.2, 0.25) is 0 Å². The Bertz CT molecular complexity index is 492. The van der Waals surface area contributed by atoms with Gasteiger partial charge in [-0.25, -0.2) is 0 Å². The second-order valence-corrected chi connectivity index (χ2v) is 29.8. The molecule has 0 N–H and O–H groups in total. The van der Waals surface area contributed by atoms with Crippen molar-refractivity contribution in [2.75, 3.05) is 0 Å². The van der Waals surface area contributed by atoms with Gasteiger partial charge in [0, 0.05) is 0 Å².